The van der Waals surface area contributed by atoms with Gasteiger partial charge in [0.05, 0.1) is 11.2 Å². The van der Waals surface area contributed by atoms with Crippen LogP contribution < -0.4 is 15.4 Å². The molecule has 3 aromatic rings. The van der Waals surface area contributed by atoms with Crippen LogP contribution in [0.5, 0.6) is 5.75 Å². The first kappa shape index (κ1) is 13.2. The fourth-order valence-corrected chi connectivity index (χ4v) is 2.01. The van der Waals surface area contributed by atoms with Crippen LogP contribution in [0.25, 0.3) is 11.2 Å². The van der Waals surface area contributed by atoms with Gasteiger partial charge in [0.1, 0.15) is 24.0 Å². The maximum atomic E-state index is 5.84. The number of fused-ring (bicyclic) bond motifs is 1. The first-order valence-electron chi connectivity index (χ1n) is 6.64. The van der Waals surface area contributed by atoms with Gasteiger partial charge in [-0.1, -0.05) is 12.1 Å². The highest BCUT2D eigenvalue weighted by atomic mass is 16.5. The normalized spacial score (nSPS) is 10.8. The number of aromatic nitrogens is 3. The van der Waals surface area contributed by atoms with Gasteiger partial charge in [-0.05, 0) is 24.3 Å². The molecule has 3 N–H and O–H groups in total. The number of para-hydroxylation sites is 2. The molecule has 0 aliphatic heterocycles. The first-order chi connectivity index (χ1) is 10.1. The van der Waals surface area contributed by atoms with Crippen molar-refractivity contribution in [2.24, 2.45) is 0 Å². The van der Waals surface area contributed by atoms with Gasteiger partial charge >= 0.3 is 0 Å². The van der Waals surface area contributed by atoms with E-state index in [1.54, 1.807) is 6.07 Å². The van der Waals surface area contributed by atoms with Crippen molar-refractivity contribution >= 4 is 22.7 Å². The van der Waals surface area contributed by atoms with E-state index in [1.807, 2.05) is 49.3 Å². The van der Waals surface area contributed by atoms with Crippen molar-refractivity contribution in [2.75, 3.05) is 24.7 Å². The number of hydrogen-bond donors (Lipinski definition) is 2. The maximum Gasteiger partial charge on any atom is 0.179 e. The minimum atomic E-state index is 0.321. The van der Waals surface area contributed by atoms with Crippen LogP contribution in [0, 0.1) is 0 Å². The molecule has 0 aliphatic rings. The monoisotopic (exact) mass is 283 g/mol. The predicted molar refractivity (Wildman–Crippen MR) is 83.4 cm³/mol. The number of rotatable bonds is 4. The highest BCUT2D eigenvalue weighted by Crippen LogP contribution is 2.21. The summed E-state index contributed by atoms with van der Waals surface area (Å²) in [5.74, 6) is 2.24. The third-order valence-electron chi connectivity index (χ3n) is 3.12. The lowest BCUT2D eigenvalue weighted by molar-refractivity contribution is 0.299. The van der Waals surface area contributed by atoms with Crippen LogP contribution in [0.3, 0.4) is 0 Å². The number of H-pyrrole nitrogens is 1. The minimum absolute atomic E-state index is 0.321. The number of imidazole rings is 1. The highest BCUT2D eigenvalue weighted by Gasteiger charge is 2.07. The number of nitrogens with two attached hydrogens (primary N) is 1. The Morgan fingerprint density at radius 2 is 1.95 bits per heavy atom. The number of pyridine rings is 1. The van der Waals surface area contributed by atoms with E-state index < -0.39 is 0 Å². The van der Waals surface area contributed by atoms with Gasteiger partial charge in [-0.3, -0.25) is 0 Å². The summed E-state index contributed by atoms with van der Waals surface area (Å²) in [6.07, 6.45) is 0. The lowest BCUT2D eigenvalue weighted by atomic mass is 10.3. The molecule has 0 atom stereocenters. The van der Waals surface area contributed by atoms with Gasteiger partial charge in [0, 0.05) is 14.1 Å². The zero-order valence-electron chi connectivity index (χ0n) is 12.0. The molecule has 21 heavy (non-hydrogen) atoms. The largest absolute Gasteiger partial charge is 0.484 e. The van der Waals surface area contributed by atoms with E-state index in [-0.39, 0.29) is 0 Å². The molecule has 3 rings (SSSR count). The number of hydrogen-bond acceptors (Lipinski definition) is 5. The van der Waals surface area contributed by atoms with E-state index in [0.717, 1.165) is 17.2 Å². The van der Waals surface area contributed by atoms with Crippen LogP contribution in [0.2, 0.25) is 0 Å². The van der Waals surface area contributed by atoms with Crippen LogP contribution in [-0.2, 0) is 6.61 Å². The molecular formula is C15H17N5O. The average Bonchev–Trinajstić information content (AvgIpc) is 2.88. The van der Waals surface area contributed by atoms with Gasteiger partial charge in [0.25, 0.3) is 0 Å². The molecule has 0 spiro atoms. The third-order valence-corrected chi connectivity index (χ3v) is 3.12. The van der Waals surface area contributed by atoms with Crippen LogP contribution in [0.1, 0.15) is 5.82 Å². The zero-order valence-corrected chi connectivity index (χ0v) is 12.0. The van der Waals surface area contributed by atoms with Crippen molar-refractivity contribution in [3.05, 3.63) is 42.2 Å². The lowest BCUT2D eigenvalue weighted by Gasteiger charge is -2.09. The molecule has 0 aliphatic carbocycles. The Labute approximate surface area is 122 Å². The Morgan fingerprint density at radius 3 is 2.71 bits per heavy atom. The number of nitrogen functional groups attached to an aromatic ring is 1. The topological polar surface area (TPSA) is 80.1 Å². The van der Waals surface area contributed by atoms with Crippen molar-refractivity contribution in [3.63, 3.8) is 0 Å². The molecule has 0 fully saturated rings. The minimum Gasteiger partial charge on any atom is -0.484 e. The molecule has 0 saturated carbocycles. The lowest BCUT2D eigenvalue weighted by Crippen LogP contribution is -2.10. The summed E-state index contributed by atoms with van der Waals surface area (Å²) in [6, 6.07) is 11.3. The van der Waals surface area contributed by atoms with Crippen molar-refractivity contribution in [1.82, 2.24) is 15.0 Å². The molecule has 0 unspecified atom stereocenters. The molecular weight excluding hydrogens is 266 g/mol. The molecule has 0 radical (unpaired) electrons. The van der Waals surface area contributed by atoms with Crippen molar-refractivity contribution in [1.29, 1.82) is 0 Å². The van der Waals surface area contributed by atoms with E-state index >= 15 is 0 Å². The number of anilines is 2. The molecule has 0 amide bonds. The van der Waals surface area contributed by atoms with Gasteiger partial charge in [-0.25, -0.2) is 9.97 Å². The predicted octanol–water partition coefficient (Wildman–Crippen LogP) is 2.19. The number of ether oxygens (including phenoxy) is 1. The van der Waals surface area contributed by atoms with Crippen LogP contribution in [0.4, 0.5) is 11.5 Å². The quantitative estimate of drug-likeness (QED) is 0.717. The van der Waals surface area contributed by atoms with E-state index in [4.69, 9.17) is 10.5 Å². The zero-order chi connectivity index (χ0) is 14.8. The van der Waals surface area contributed by atoms with Gasteiger partial charge < -0.3 is 20.4 Å². The maximum absolute atomic E-state index is 5.84. The molecule has 2 heterocycles. The molecule has 2 aromatic heterocycles. The summed E-state index contributed by atoms with van der Waals surface area (Å²) in [6.45, 7) is 0.321. The van der Waals surface area contributed by atoms with E-state index in [0.29, 0.717) is 23.7 Å². The van der Waals surface area contributed by atoms with E-state index in [2.05, 4.69) is 15.0 Å². The van der Waals surface area contributed by atoms with Crippen LogP contribution in [0.15, 0.2) is 36.4 Å². The number of benzene rings is 1. The van der Waals surface area contributed by atoms with Gasteiger partial charge in [0.2, 0.25) is 0 Å². The second-order valence-corrected chi connectivity index (χ2v) is 4.95. The summed E-state index contributed by atoms with van der Waals surface area (Å²) >= 11 is 0. The van der Waals surface area contributed by atoms with Crippen molar-refractivity contribution in [2.45, 2.75) is 6.61 Å². The first-order valence-corrected chi connectivity index (χ1v) is 6.64. The standard InChI is InChI=1S/C15H17N5O/c1-20(2)14-8-7-11-15(19-14)18-13(17-11)9-21-12-6-4-3-5-10(12)16/h3-8H,9,16H2,1-2H3,(H,17,18,19). The second-order valence-electron chi connectivity index (χ2n) is 4.95. The fraction of sp³-hybridized carbons (Fsp3) is 0.200. The Balaban J connectivity index is 1.80. The van der Waals surface area contributed by atoms with Crippen molar-refractivity contribution < 1.29 is 4.74 Å². The Morgan fingerprint density at radius 1 is 1.14 bits per heavy atom. The second kappa shape index (κ2) is 5.32. The van der Waals surface area contributed by atoms with Gasteiger partial charge in [-0.2, -0.15) is 0 Å². The number of nitrogens with zero attached hydrogens (tertiary/aromatic N) is 3. The SMILES string of the molecule is CN(C)c1ccc2[nH]c(COc3ccccc3N)nc2n1. The molecule has 0 saturated heterocycles. The molecule has 6 heteroatoms. The van der Waals surface area contributed by atoms with E-state index in [1.165, 1.54) is 0 Å². The summed E-state index contributed by atoms with van der Waals surface area (Å²) in [5, 5.41) is 0. The molecule has 0 bridgehead atoms. The smallest absolute Gasteiger partial charge is 0.179 e. The van der Waals surface area contributed by atoms with Gasteiger partial charge in [-0.15, -0.1) is 0 Å². The van der Waals surface area contributed by atoms with Gasteiger partial charge in [0.15, 0.2) is 5.65 Å². The summed E-state index contributed by atoms with van der Waals surface area (Å²) in [4.78, 5) is 14.0. The Kier molecular flexibility index (Phi) is 3.35. The fourth-order valence-electron chi connectivity index (χ4n) is 2.01. The molecule has 1 aromatic carbocycles. The molecule has 6 nitrogen and oxygen atoms in total. The number of nitrogens with one attached hydrogen (secondary N) is 1. The molecule has 108 valence electrons. The summed E-state index contributed by atoms with van der Waals surface area (Å²) in [7, 11) is 3.89. The summed E-state index contributed by atoms with van der Waals surface area (Å²) in [5.41, 5.74) is 8.02. The summed E-state index contributed by atoms with van der Waals surface area (Å²) < 4.78 is 5.67. The van der Waals surface area contributed by atoms with Crippen molar-refractivity contribution in [3.8, 4) is 5.75 Å². The highest BCUT2D eigenvalue weighted by molar-refractivity contribution is 5.73. The van der Waals surface area contributed by atoms with E-state index in [9.17, 15) is 0 Å². The Hall–Kier alpha value is -2.76. The van der Waals surface area contributed by atoms with Crippen LogP contribution in [-0.4, -0.2) is 29.0 Å². The third kappa shape index (κ3) is 2.74. The average molecular weight is 283 g/mol. The van der Waals surface area contributed by atoms with Crippen LogP contribution >= 0.6 is 0 Å². The Bertz CT molecular complexity index is 766. The number of aromatic amines is 1.